The van der Waals surface area contributed by atoms with Gasteiger partial charge >= 0.3 is 0 Å². The summed E-state index contributed by atoms with van der Waals surface area (Å²) in [5.74, 6) is 1.15. The Labute approximate surface area is 131 Å². The van der Waals surface area contributed by atoms with Crippen molar-refractivity contribution in [3.8, 4) is 11.5 Å². The van der Waals surface area contributed by atoms with Crippen LogP contribution < -0.4 is 14.8 Å². The number of nitrogens with one attached hydrogen (secondary N) is 1. The van der Waals surface area contributed by atoms with E-state index >= 15 is 0 Å². The van der Waals surface area contributed by atoms with Crippen molar-refractivity contribution in [1.29, 1.82) is 0 Å². The summed E-state index contributed by atoms with van der Waals surface area (Å²) in [6, 6.07) is 5.40. The molecule has 21 heavy (non-hydrogen) atoms. The van der Waals surface area contributed by atoms with E-state index in [0.717, 1.165) is 6.42 Å². The highest BCUT2D eigenvalue weighted by Crippen LogP contribution is 2.37. The van der Waals surface area contributed by atoms with E-state index < -0.39 is 0 Å². The molecule has 0 unspecified atom stereocenters. The molecule has 4 nitrogen and oxygen atoms in total. The van der Waals surface area contributed by atoms with Crippen molar-refractivity contribution in [3.05, 3.63) is 39.5 Å². The highest BCUT2D eigenvalue weighted by atomic mass is 35.5. The molecule has 1 aromatic carbocycles. The lowest BCUT2D eigenvalue weighted by atomic mass is 10.2. The summed E-state index contributed by atoms with van der Waals surface area (Å²) in [5, 5.41) is 7.32. The van der Waals surface area contributed by atoms with Crippen LogP contribution in [0.15, 0.2) is 29.0 Å². The summed E-state index contributed by atoms with van der Waals surface area (Å²) in [6.45, 7) is 1.01. The molecule has 2 heterocycles. The maximum absolute atomic E-state index is 12.0. The number of carbonyl (C=O) groups excluding carboxylic acids is 1. The lowest BCUT2D eigenvalue weighted by Crippen LogP contribution is -2.17. The molecule has 0 saturated carbocycles. The number of halogens is 1. The van der Waals surface area contributed by atoms with Crippen LogP contribution in [0.3, 0.4) is 0 Å². The van der Waals surface area contributed by atoms with Gasteiger partial charge in [0.2, 0.25) is 5.91 Å². The Bertz CT molecular complexity index is 643. The minimum Gasteiger partial charge on any atom is -0.486 e. The topological polar surface area (TPSA) is 47.6 Å². The van der Waals surface area contributed by atoms with E-state index in [1.807, 2.05) is 16.8 Å². The number of rotatable bonds is 4. The standard InChI is InChI=1S/C15H14ClNO3S/c16-11-7-13-14(20-5-4-19-13)8-12(11)17-15(18)2-1-10-3-6-21-9-10/h3,6-9H,1-2,4-5H2,(H,17,18). The zero-order valence-electron chi connectivity index (χ0n) is 11.2. The molecule has 6 heteroatoms. The van der Waals surface area contributed by atoms with E-state index in [-0.39, 0.29) is 5.91 Å². The maximum atomic E-state index is 12.0. The summed E-state index contributed by atoms with van der Waals surface area (Å²) in [5.41, 5.74) is 1.72. The number of thiophene rings is 1. The molecule has 3 rings (SSSR count). The second kappa shape index (κ2) is 6.37. The van der Waals surface area contributed by atoms with Crippen LogP contribution in [-0.2, 0) is 11.2 Å². The van der Waals surface area contributed by atoms with Crippen molar-refractivity contribution in [1.82, 2.24) is 0 Å². The Morgan fingerprint density at radius 2 is 2.05 bits per heavy atom. The molecule has 1 amide bonds. The van der Waals surface area contributed by atoms with Crippen molar-refractivity contribution in [2.24, 2.45) is 0 Å². The normalized spacial score (nSPS) is 13.0. The van der Waals surface area contributed by atoms with Gasteiger partial charge in [0.1, 0.15) is 13.2 Å². The van der Waals surface area contributed by atoms with Crippen molar-refractivity contribution >= 4 is 34.5 Å². The number of anilines is 1. The zero-order valence-corrected chi connectivity index (χ0v) is 12.8. The molecule has 0 spiro atoms. The molecule has 0 bridgehead atoms. The Morgan fingerprint density at radius 1 is 1.29 bits per heavy atom. The SMILES string of the molecule is O=C(CCc1ccsc1)Nc1cc2c(cc1Cl)OCCO2. The fourth-order valence-corrected chi connectivity index (χ4v) is 2.97. The van der Waals surface area contributed by atoms with Crippen LogP contribution in [-0.4, -0.2) is 19.1 Å². The Hall–Kier alpha value is -1.72. The summed E-state index contributed by atoms with van der Waals surface area (Å²) < 4.78 is 10.9. The number of benzene rings is 1. The molecular formula is C15H14ClNO3S. The lowest BCUT2D eigenvalue weighted by molar-refractivity contribution is -0.116. The van der Waals surface area contributed by atoms with Crippen LogP contribution in [0.5, 0.6) is 11.5 Å². The molecule has 1 aliphatic heterocycles. The van der Waals surface area contributed by atoms with Gasteiger partial charge in [0, 0.05) is 18.6 Å². The molecule has 0 radical (unpaired) electrons. The molecule has 0 fully saturated rings. The van der Waals surface area contributed by atoms with Gasteiger partial charge in [-0.1, -0.05) is 11.6 Å². The minimum atomic E-state index is -0.0697. The lowest BCUT2D eigenvalue weighted by Gasteiger charge is -2.20. The van der Waals surface area contributed by atoms with Crippen LogP contribution in [0.25, 0.3) is 0 Å². The van der Waals surface area contributed by atoms with Gasteiger partial charge in [0.05, 0.1) is 10.7 Å². The Morgan fingerprint density at radius 3 is 2.76 bits per heavy atom. The number of aryl methyl sites for hydroxylation is 1. The number of hydrogen-bond donors (Lipinski definition) is 1. The van der Waals surface area contributed by atoms with Crippen molar-refractivity contribution in [2.75, 3.05) is 18.5 Å². The number of fused-ring (bicyclic) bond motifs is 1. The van der Waals surface area contributed by atoms with Gasteiger partial charge < -0.3 is 14.8 Å². The van der Waals surface area contributed by atoms with Crippen molar-refractivity contribution < 1.29 is 14.3 Å². The predicted molar refractivity (Wildman–Crippen MR) is 83.7 cm³/mol. The van der Waals surface area contributed by atoms with Gasteiger partial charge in [-0.2, -0.15) is 11.3 Å². The van der Waals surface area contributed by atoms with Crippen LogP contribution in [0.2, 0.25) is 5.02 Å². The van der Waals surface area contributed by atoms with E-state index in [1.165, 1.54) is 5.56 Å². The molecule has 0 atom stereocenters. The molecule has 2 aromatic rings. The molecule has 0 saturated heterocycles. The fraction of sp³-hybridized carbons (Fsp3) is 0.267. The van der Waals surface area contributed by atoms with Crippen LogP contribution in [0.1, 0.15) is 12.0 Å². The van der Waals surface area contributed by atoms with E-state index in [2.05, 4.69) is 5.32 Å². The Kier molecular flexibility index (Phi) is 4.31. The molecule has 1 aromatic heterocycles. The van der Waals surface area contributed by atoms with Gasteiger partial charge in [-0.3, -0.25) is 4.79 Å². The molecule has 0 aliphatic carbocycles. The predicted octanol–water partition coefficient (Wildman–Crippen LogP) is 3.74. The third kappa shape index (κ3) is 3.49. The number of amides is 1. The first kappa shape index (κ1) is 14.2. The van der Waals surface area contributed by atoms with Gasteiger partial charge in [0.25, 0.3) is 0 Å². The number of carbonyl (C=O) groups is 1. The number of hydrogen-bond acceptors (Lipinski definition) is 4. The maximum Gasteiger partial charge on any atom is 0.224 e. The van der Waals surface area contributed by atoms with Crippen LogP contribution >= 0.6 is 22.9 Å². The first-order valence-electron chi connectivity index (χ1n) is 6.62. The average molecular weight is 324 g/mol. The third-order valence-electron chi connectivity index (χ3n) is 3.13. The van der Waals surface area contributed by atoms with Gasteiger partial charge in [-0.05, 0) is 28.8 Å². The molecule has 1 N–H and O–H groups in total. The van der Waals surface area contributed by atoms with Crippen molar-refractivity contribution in [2.45, 2.75) is 12.8 Å². The van der Waals surface area contributed by atoms with Gasteiger partial charge in [-0.15, -0.1) is 0 Å². The highest BCUT2D eigenvalue weighted by molar-refractivity contribution is 7.07. The second-order valence-electron chi connectivity index (χ2n) is 4.66. The van der Waals surface area contributed by atoms with E-state index in [0.29, 0.717) is 41.8 Å². The third-order valence-corrected chi connectivity index (χ3v) is 4.17. The summed E-state index contributed by atoms with van der Waals surface area (Å²) >= 11 is 7.79. The Balaban J connectivity index is 1.65. The second-order valence-corrected chi connectivity index (χ2v) is 5.84. The van der Waals surface area contributed by atoms with Crippen molar-refractivity contribution in [3.63, 3.8) is 0 Å². The quantitative estimate of drug-likeness (QED) is 0.932. The van der Waals surface area contributed by atoms with Gasteiger partial charge in [0.15, 0.2) is 11.5 Å². The first-order chi connectivity index (χ1) is 10.2. The van der Waals surface area contributed by atoms with E-state index in [4.69, 9.17) is 21.1 Å². The number of ether oxygens (including phenoxy) is 2. The molecule has 1 aliphatic rings. The summed E-state index contributed by atoms with van der Waals surface area (Å²) in [7, 11) is 0. The first-order valence-corrected chi connectivity index (χ1v) is 7.94. The molecule has 110 valence electrons. The van der Waals surface area contributed by atoms with Crippen LogP contribution in [0, 0.1) is 0 Å². The highest BCUT2D eigenvalue weighted by Gasteiger charge is 2.16. The fourth-order valence-electron chi connectivity index (χ4n) is 2.07. The van der Waals surface area contributed by atoms with E-state index in [9.17, 15) is 4.79 Å². The largest absolute Gasteiger partial charge is 0.486 e. The zero-order chi connectivity index (χ0) is 14.7. The van der Waals surface area contributed by atoms with Crippen LogP contribution in [0.4, 0.5) is 5.69 Å². The average Bonchev–Trinajstić information content (AvgIpc) is 2.99. The summed E-state index contributed by atoms with van der Waals surface area (Å²) in [6.07, 6.45) is 1.14. The summed E-state index contributed by atoms with van der Waals surface area (Å²) in [4.78, 5) is 12.0. The van der Waals surface area contributed by atoms with E-state index in [1.54, 1.807) is 23.5 Å². The smallest absolute Gasteiger partial charge is 0.224 e. The van der Waals surface area contributed by atoms with Gasteiger partial charge in [-0.25, -0.2) is 0 Å². The molecular weight excluding hydrogens is 310 g/mol. The minimum absolute atomic E-state index is 0.0697. The monoisotopic (exact) mass is 323 g/mol.